The van der Waals surface area contributed by atoms with Crippen molar-refractivity contribution < 1.29 is 64.5 Å². The summed E-state index contributed by atoms with van der Waals surface area (Å²) in [5.41, 5.74) is 7.10. The number of benzene rings is 18. The van der Waals surface area contributed by atoms with Crippen molar-refractivity contribution >= 4 is 165 Å². The van der Waals surface area contributed by atoms with Gasteiger partial charge in [-0.3, -0.25) is 0 Å². The number of aromatic nitrogens is 3. The van der Waals surface area contributed by atoms with Crippen LogP contribution in [0.15, 0.2) is 380 Å². The molecule has 5 aromatic heterocycles. The molecule has 0 radical (unpaired) electrons. The minimum absolute atomic E-state index is 0.00196. The molecule has 18 aromatic carbocycles. The fourth-order valence-corrected chi connectivity index (χ4v) is 19.3. The van der Waals surface area contributed by atoms with Crippen LogP contribution in [0.5, 0.6) is 46.0 Å². The molecule has 4 aliphatic heterocycles. The first-order valence-corrected chi connectivity index (χ1v) is 39.4. The number of hydrogen-bond acceptors (Lipinski definition) is 6. The highest BCUT2D eigenvalue weighted by molar-refractivity contribution is 7.27. The molecule has 11 heteroatoms. The Bertz CT molecular complexity index is 10100. The van der Waals surface area contributed by atoms with E-state index >= 15 is 0 Å². The summed E-state index contributed by atoms with van der Waals surface area (Å²) >= 11 is 1.75. The number of furan rings is 1. The van der Waals surface area contributed by atoms with Crippen molar-refractivity contribution in [3.05, 3.63) is 381 Å². The van der Waals surface area contributed by atoms with Crippen molar-refractivity contribution in [3.8, 4) is 108 Å². The molecule has 8 nitrogen and oxygen atoms in total. The lowest BCUT2D eigenvalue weighted by Gasteiger charge is -2.33. The van der Waals surface area contributed by atoms with Gasteiger partial charge < -0.3 is 37.1 Å². The molecule has 9 heterocycles. The number of fused-ring (bicyclic) bond motifs is 23. The number of thiophene rings is 1. The first kappa shape index (κ1) is 44.2. The third-order valence-electron chi connectivity index (χ3n) is 23.2. The largest absolute Gasteiger partial charge is 0.458 e. The van der Waals surface area contributed by atoms with Crippen molar-refractivity contribution in [2.45, 2.75) is 6.92 Å². The third-order valence-corrected chi connectivity index (χ3v) is 24.4. The highest BCUT2D eigenvalue weighted by Crippen LogP contribution is 2.49. The number of ether oxygens (including phenoxy) is 4. The van der Waals surface area contributed by atoms with Gasteiger partial charge in [0, 0.05) is 91.1 Å². The molecular weight excluding hydrogens is 1480 g/mol. The Morgan fingerprint density at radius 1 is 0.275 bits per heavy atom. The second kappa shape index (κ2) is 25.9. The van der Waals surface area contributed by atoms with E-state index in [2.05, 4.69) is 108 Å². The van der Waals surface area contributed by atoms with Crippen LogP contribution in [0, 0.1) is 6.92 Å². The van der Waals surface area contributed by atoms with Gasteiger partial charge in [0.1, 0.15) is 51.6 Å². The van der Waals surface area contributed by atoms with Crippen molar-refractivity contribution in [3.63, 3.8) is 0 Å². The molecule has 23 aromatic rings. The van der Waals surface area contributed by atoms with E-state index in [0.29, 0.717) is 34.0 Å². The Hall–Kier alpha value is -15.3. The number of para-hydroxylation sites is 10. The summed E-state index contributed by atoms with van der Waals surface area (Å²) in [4.78, 5) is 0. The van der Waals surface area contributed by atoms with Crippen molar-refractivity contribution in [2.75, 3.05) is 0 Å². The first-order chi connectivity index (χ1) is 71.9. The monoisotopic (exact) mass is 1580 g/mol. The maximum absolute atomic E-state index is 10.1. The van der Waals surface area contributed by atoms with Gasteiger partial charge in [-0.2, -0.15) is 0 Å². The zero-order chi connectivity index (χ0) is 105. The van der Waals surface area contributed by atoms with Gasteiger partial charge in [-0.05, 0) is 194 Å². The van der Waals surface area contributed by atoms with Crippen LogP contribution in [0.2, 0.25) is 0 Å². The van der Waals surface area contributed by atoms with E-state index in [1.807, 2.05) is 78.9 Å². The van der Waals surface area contributed by atoms with Crippen LogP contribution >= 0.6 is 11.3 Å². The maximum atomic E-state index is 10.1. The Labute approximate surface area is 735 Å². The Morgan fingerprint density at radius 2 is 0.808 bits per heavy atom. The normalized spacial score (nSPS) is 16.3. The molecule has 0 spiro atoms. The van der Waals surface area contributed by atoms with E-state index in [0.717, 1.165) is 74.5 Å². The Balaban J connectivity index is 0.000000153. The van der Waals surface area contributed by atoms with Crippen molar-refractivity contribution in [1.29, 1.82) is 0 Å². The number of rotatable bonds is 7. The van der Waals surface area contributed by atoms with E-state index < -0.39 is 218 Å². The SMILES string of the molecule is [2H]c1c([2H])c([2H])c2c(c1[2H])Oc1c([2H])c(-c3ccc(-c4cccc5c4sc4c(-c6ccc7c(c6)c6ccccc6n7-c6ccccc6)cccc45)cc3)c([2H])c3c1B2c1c([2H])c([2H])c(C)c([2H])c1O3.[2H]c1c([2H])c([2H])c2c(oc3c(-n4c5c([2H])c([2H])c([2H])c([2H])c5c5c([2H])c(-n6c7c([2H])c([2H])c([2H])c([2H])c7c7c([2H])c([2H])c([2H])c([2H])c76)c([2H])c([2H])c54)c([2H])c([2H])c([2H])c32)c1-c1cc2c3c(c1)Oc1ccccc1B3c1ccccc1O2. The average molecular weight is 1580 g/mol. The van der Waals surface area contributed by atoms with Gasteiger partial charge in [0.25, 0.3) is 13.4 Å². The van der Waals surface area contributed by atoms with E-state index in [1.54, 1.807) is 30.4 Å². The van der Waals surface area contributed by atoms with E-state index in [-0.39, 0.29) is 115 Å². The molecule has 27 rings (SSSR count). The third kappa shape index (κ3) is 9.95. The van der Waals surface area contributed by atoms with Crippen LogP contribution in [0.25, 0.3) is 169 Å². The van der Waals surface area contributed by atoms with Crippen molar-refractivity contribution in [2.24, 2.45) is 0 Å². The minimum Gasteiger partial charge on any atom is -0.458 e. The topological polar surface area (TPSA) is 64.9 Å². The van der Waals surface area contributed by atoms with Crippen LogP contribution in [0.4, 0.5) is 0 Å². The lowest BCUT2D eigenvalue weighted by Crippen LogP contribution is -2.57. The van der Waals surface area contributed by atoms with Gasteiger partial charge in [-0.15, -0.1) is 11.3 Å². The lowest BCUT2D eigenvalue weighted by atomic mass is 9.35. The average Bonchev–Trinajstić information content (AvgIpc) is 1.47. The molecule has 558 valence electrons. The van der Waals surface area contributed by atoms with Crippen LogP contribution in [0.3, 0.4) is 0 Å². The molecule has 0 N–H and O–H groups in total. The van der Waals surface area contributed by atoms with Crippen LogP contribution in [0.1, 0.15) is 46.7 Å². The summed E-state index contributed by atoms with van der Waals surface area (Å²) in [6, 6.07) is 45.2. The molecular formula is C109H65B2N3O5S. The Kier molecular flexibility index (Phi) is 9.51. The number of hydrogen-bond donors (Lipinski definition) is 0. The van der Waals surface area contributed by atoms with Gasteiger partial charge in [0.05, 0.1) is 79.9 Å². The molecule has 0 unspecified atom stereocenters. The molecule has 0 saturated carbocycles. The van der Waals surface area contributed by atoms with Gasteiger partial charge in [0.15, 0.2) is 5.58 Å². The van der Waals surface area contributed by atoms with E-state index in [1.165, 1.54) is 15.5 Å². The summed E-state index contributed by atoms with van der Waals surface area (Å²) in [6.45, 7) is 0.0351. The highest BCUT2D eigenvalue weighted by Gasteiger charge is 2.42. The molecule has 120 heavy (non-hydrogen) atoms. The van der Waals surface area contributed by atoms with Gasteiger partial charge >= 0.3 is 0 Å². The van der Waals surface area contributed by atoms with Gasteiger partial charge in [-0.1, -0.05) is 254 Å². The van der Waals surface area contributed by atoms with Crippen LogP contribution < -0.4 is 51.7 Å². The van der Waals surface area contributed by atoms with E-state index in [9.17, 15) is 17.8 Å². The zero-order valence-electron chi connectivity index (χ0n) is 92.4. The first-order valence-electron chi connectivity index (χ1n) is 53.5. The summed E-state index contributed by atoms with van der Waals surface area (Å²) in [5, 5.41) is 2.25. The second-order valence-electron chi connectivity index (χ2n) is 29.7. The molecule has 0 amide bonds. The minimum atomic E-state index is -1.17. The standard InChI is InChI=1S/C55H34BNO2S.C54H31BN2O3/c1-33-21-27-46-50(29-33)59-52-32-37(31-51-53(52)56(46)45-18-6-8-20-49(45)58-51)34-22-24-35(25-23-34)39-14-9-16-42-43-17-10-15-40(55(43)60-54(39)42)36-26-28-48-44(30-36)41-13-5-7-19-47(41)57(48)38-11-3-2-4-12-38;1-6-21-43-35(13-1)36-14-2-7-22-44(36)56(43)33-27-28-46-40(31-33)37-15-3-8-23-45(37)57(46)47-24-12-18-39-38-17-11-16-34(53(38)60-54(39)47)32-29-50-52-51(30-32)59-49-26-10-5-20-42(49)55(52)41-19-4-9-25-48(41)58-50/h2-32H,1H3;1-31H/i6D,8D,18D,20D,21D,27D,29D,31D,32D;1D,2D,3D,6D,7D,8D,11D,12D,13D,14D,15D,16D,17D,18D,21D,22D,23D,24D,27D,28D,31D. The molecule has 0 bridgehead atoms. The zero-order valence-corrected chi connectivity index (χ0v) is 63.2. The highest BCUT2D eigenvalue weighted by atomic mass is 32.1. The summed E-state index contributed by atoms with van der Waals surface area (Å²) < 4.78 is 313. The smallest absolute Gasteiger partial charge is 0.260 e. The Morgan fingerprint density at radius 3 is 1.54 bits per heavy atom. The molecule has 0 fully saturated rings. The molecule has 0 saturated heterocycles. The lowest BCUT2D eigenvalue weighted by molar-refractivity contribution is 0.464. The fraction of sp³-hybridized carbons (Fsp3) is 0.00917. The van der Waals surface area contributed by atoms with Gasteiger partial charge in [0.2, 0.25) is 0 Å². The maximum Gasteiger partial charge on any atom is 0.260 e. The number of nitrogens with zero attached hydrogens (tertiary/aromatic N) is 3. The quantitative estimate of drug-likeness (QED) is 0.149. The van der Waals surface area contributed by atoms with Crippen LogP contribution in [-0.4, -0.2) is 27.1 Å². The van der Waals surface area contributed by atoms with Crippen molar-refractivity contribution in [1.82, 2.24) is 13.7 Å². The molecule has 0 aliphatic carbocycles. The van der Waals surface area contributed by atoms with Gasteiger partial charge in [-0.25, -0.2) is 0 Å². The van der Waals surface area contributed by atoms with E-state index in [4.69, 9.17) is 46.7 Å². The van der Waals surface area contributed by atoms with Crippen LogP contribution in [-0.2, 0) is 0 Å². The fourth-order valence-electron chi connectivity index (χ4n) is 18.0. The molecule has 0 atom stereocenters. The summed E-state index contributed by atoms with van der Waals surface area (Å²) in [6.07, 6.45) is 0. The second-order valence-corrected chi connectivity index (χ2v) is 30.7. The summed E-state index contributed by atoms with van der Waals surface area (Å²) in [5.74, 6) is 1.36. The predicted molar refractivity (Wildman–Crippen MR) is 498 cm³/mol. The molecule has 4 aliphatic rings. The summed E-state index contributed by atoms with van der Waals surface area (Å²) in [7, 11) is 0. The predicted octanol–water partition coefficient (Wildman–Crippen LogP) is 25.4.